The number of carbonyl (C=O) groups is 3. The highest BCUT2D eigenvalue weighted by atomic mass is 16.7. The Bertz CT molecular complexity index is 533. The van der Waals surface area contributed by atoms with Crippen molar-refractivity contribution in [2.75, 3.05) is 14.2 Å². The third kappa shape index (κ3) is 5.81. The van der Waals surface area contributed by atoms with Crippen molar-refractivity contribution >= 4 is 17.7 Å². The smallest absolute Gasteiger partial charge is 0.373 e. The minimum Gasteiger partial charge on any atom is -0.463 e. The maximum Gasteiger partial charge on any atom is 0.373 e. The highest BCUT2D eigenvalue weighted by molar-refractivity contribution is 5.99. The molecule has 2 atom stereocenters. The van der Waals surface area contributed by atoms with E-state index in [1.54, 1.807) is 0 Å². The summed E-state index contributed by atoms with van der Waals surface area (Å²) in [5, 5.41) is 0. The molecule has 0 N–H and O–H groups in total. The molecule has 0 fully saturated rings. The average molecular weight is 340 g/mol. The number of rotatable bonds is 9. The summed E-state index contributed by atoms with van der Waals surface area (Å²) in [4.78, 5) is 35.1. The van der Waals surface area contributed by atoms with Gasteiger partial charge in [-0.05, 0) is 19.8 Å². The van der Waals surface area contributed by atoms with Crippen LogP contribution in [0.25, 0.3) is 0 Å². The first-order valence-corrected chi connectivity index (χ1v) is 7.84. The van der Waals surface area contributed by atoms with E-state index < -0.39 is 24.3 Å². The standard InChI is InChI=1S/C17H24O7/c1-5-6-7-8-12(11(2)18)9-15(19)23-14-10-13(16(20)21-3)24-17(14)22-4/h9-10,14,17H,5-8H2,1-4H3/b12-9+/t14-,17-/m1/s1. The van der Waals surface area contributed by atoms with Gasteiger partial charge in [0.25, 0.3) is 0 Å². The molecule has 0 unspecified atom stereocenters. The van der Waals surface area contributed by atoms with E-state index in [0.717, 1.165) is 19.3 Å². The maximum absolute atomic E-state index is 12.0. The Morgan fingerprint density at radius 1 is 1.25 bits per heavy atom. The predicted molar refractivity (Wildman–Crippen MR) is 84.8 cm³/mol. The molecular formula is C17H24O7. The van der Waals surface area contributed by atoms with Gasteiger partial charge in [0.05, 0.1) is 7.11 Å². The summed E-state index contributed by atoms with van der Waals surface area (Å²) in [5.41, 5.74) is 0.415. The van der Waals surface area contributed by atoms with Gasteiger partial charge < -0.3 is 18.9 Å². The molecule has 0 spiro atoms. The highest BCUT2D eigenvalue weighted by Gasteiger charge is 2.35. The largest absolute Gasteiger partial charge is 0.463 e. The van der Waals surface area contributed by atoms with E-state index in [9.17, 15) is 14.4 Å². The summed E-state index contributed by atoms with van der Waals surface area (Å²) in [7, 11) is 2.58. The summed E-state index contributed by atoms with van der Waals surface area (Å²) in [6, 6.07) is 0. The van der Waals surface area contributed by atoms with Crippen LogP contribution < -0.4 is 0 Å². The Morgan fingerprint density at radius 2 is 1.96 bits per heavy atom. The molecule has 0 radical (unpaired) electrons. The first-order chi connectivity index (χ1) is 11.4. The number of hydrogen-bond acceptors (Lipinski definition) is 7. The summed E-state index contributed by atoms with van der Waals surface area (Å²) in [6.45, 7) is 3.47. The van der Waals surface area contributed by atoms with Gasteiger partial charge in [-0.25, -0.2) is 9.59 Å². The molecule has 0 aromatic heterocycles. The molecule has 0 aliphatic carbocycles. The number of Topliss-reactive ketones (excluding diaryl/α,β-unsaturated/α-hetero) is 1. The van der Waals surface area contributed by atoms with Crippen LogP contribution in [0.15, 0.2) is 23.5 Å². The van der Waals surface area contributed by atoms with Crippen molar-refractivity contribution in [3.05, 3.63) is 23.5 Å². The second kappa shape index (κ2) is 9.87. The van der Waals surface area contributed by atoms with E-state index in [2.05, 4.69) is 11.7 Å². The first-order valence-electron chi connectivity index (χ1n) is 7.84. The maximum atomic E-state index is 12.0. The quantitative estimate of drug-likeness (QED) is 0.360. The van der Waals surface area contributed by atoms with Crippen LogP contribution in [0.1, 0.15) is 39.5 Å². The number of ether oxygens (including phenoxy) is 4. The zero-order chi connectivity index (χ0) is 18.1. The number of allylic oxidation sites excluding steroid dienone is 1. The van der Waals surface area contributed by atoms with E-state index in [-0.39, 0.29) is 11.5 Å². The topological polar surface area (TPSA) is 88.1 Å². The van der Waals surface area contributed by atoms with Crippen LogP contribution in [0.2, 0.25) is 0 Å². The number of ketones is 1. The second-order valence-electron chi connectivity index (χ2n) is 5.33. The van der Waals surface area contributed by atoms with Crippen molar-refractivity contribution in [1.82, 2.24) is 0 Å². The number of esters is 2. The van der Waals surface area contributed by atoms with Crippen molar-refractivity contribution in [3.63, 3.8) is 0 Å². The Balaban J connectivity index is 2.76. The van der Waals surface area contributed by atoms with E-state index >= 15 is 0 Å². The fraction of sp³-hybridized carbons (Fsp3) is 0.588. The molecule has 1 heterocycles. The van der Waals surface area contributed by atoms with E-state index in [1.165, 1.54) is 33.3 Å². The van der Waals surface area contributed by atoms with Crippen LogP contribution in [0.4, 0.5) is 0 Å². The van der Waals surface area contributed by atoms with Gasteiger partial charge in [0.2, 0.25) is 12.0 Å². The highest BCUT2D eigenvalue weighted by Crippen LogP contribution is 2.22. The van der Waals surface area contributed by atoms with E-state index in [0.29, 0.717) is 12.0 Å². The van der Waals surface area contributed by atoms with Crippen molar-refractivity contribution < 1.29 is 33.3 Å². The molecular weight excluding hydrogens is 316 g/mol. The molecule has 0 saturated heterocycles. The lowest BCUT2D eigenvalue weighted by atomic mass is 10.0. The van der Waals surface area contributed by atoms with Crippen LogP contribution in [-0.2, 0) is 33.3 Å². The van der Waals surface area contributed by atoms with Crippen molar-refractivity contribution in [2.45, 2.75) is 51.9 Å². The van der Waals surface area contributed by atoms with Crippen molar-refractivity contribution in [1.29, 1.82) is 0 Å². The number of unbranched alkanes of at least 4 members (excludes halogenated alkanes) is 2. The summed E-state index contributed by atoms with van der Waals surface area (Å²) in [6.07, 6.45) is 4.03. The fourth-order valence-electron chi connectivity index (χ4n) is 2.17. The third-order valence-corrected chi connectivity index (χ3v) is 3.49. The molecule has 0 aromatic rings. The molecule has 24 heavy (non-hydrogen) atoms. The van der Waals surface area contributed by atoms with Crippen molar-refractivity contribution in [2.24, 2.45) is 0 Å². The predicted octanol–water partition coefficient (Wildman–Crippen LogP) is 2.05. The van der Waals surface area contributed by atoms with Gasteiger partial charge in [0.15, 0.2) is 11.9 Å². The van der Waals surface area contributed by atoms with Gasteiger partial charge in [-0.3, -0.25) is 4.79 Å². The normalized spacial score (nSPS) is 20.2. The number of hydrogen-bond donors (Lipinski definition) is 0. The van der Waals surface area contributed by atoms with Crippen molar-refractivity contribution in [3.8, 4) is 0 Å². The SMILES string of the molecule is CCCCC/C(=C\C(=O)O[C@@H]1C=C(C(=O)OC)O[C@H]1OC)C(C)=O. The summed E-state index contributed by atoms with van der Waals surface area (Å²) >= 11 is 0. The summed E-state index contributed by atoms with van der Waals surface area (Å²) < 4.78 is 20.0. The van der Waals surface area contributed by atoms with Gasteiger partial charge in [0.1, 0.15) is 0 Å². The van der Waals surface area contributed by atoms with Gasteiger partial charge in [0, 0.05) is 24.8 Å². The number of methoxy groups -OCH3 is 2. The van der Waals surface area contributed by atoms with Crippen LogP contribution in [0, 0.1) is 0 Å². The molecule has 0 bridgehead atoms. The molecule has 0 aromatic carbocycles. The van der Waals surface area contributed by atoms with E-state index in [4.69, 9.17) is 14.2 Å². The van der Waals surface area contributed by atoms with Crippen LogP contribution >= 0.6 is 0 Å². The zero-order valence-corrected chi connectivity index (χ0v) is 14.5. The lowest BCUT2D eigenvalue weighted by Gasteiger charge is -2.17. The first kappa shape index (κ1) is 19.9. The number of carbonyl (C=O) groups excluding carboxylic acids is 3. The average Bonchev–Trinajstić information content (AvgIpc) is 2.95. The third-order valence-electron chi connectivity index (χ3n) is 3.49. The zero-order valence-electron chi connectivity index (χ0n) is 14.5. The minimum absolute atomic E-state index is 0.0825. The van der Waals surface area contributed by atoms with Gasteiger partial charge in [-0.2, -0.15) is 0 Å². The molecule has 134 valence electrons. The van der Waals surface area contributed by atoms with E-state index in [1.807, 2.05) is 0 Å². The Labute approximate surface area is 141 Å². The molecule has 1 aliphatic heterocycles. The molecule has 0 amide bonds. The van der Waals surface area contributed by atoms with Gasteiger partial charge in [-0.1, -0.05) is 19.8 Å². The lowest BCUT2D eigenvalue weighted by molar-refractivity contribution is -0.169. The van der Waals surface area contributed by atoms with Gasteiger partial charge >= 0.3 is 11.9 Å². The lowest BCUT2D eigenvalue weighted by Crippen LogP contribution is -2.28. The van der Waals surface area contributed by atoms with Gasteiger partial charge in [-0.15, -0.1) is 0 Å². The Hall–Kier alpha value is -2.15. The second-order valence-corrected chi connectivity index (χ2v) is 5.33. The van der Waals surface area contributed by atoms with Crippen LogP contribution in [0.5, 0.6) is 0 Å². The van der Waals surface area contributed by atoms with Crippen LogP contribution in [-0.4, -0.2) is 44.3 Å². The Kier molecular flexibility index (Phi) is 8.18. The minimum atomic E-state index is -0.933. The molecule has 0 saturated carbocycles. The monoisotopic (exact) mass is 340 g/mol. The molecule has 7 heteroatoms. The molecule has 1 rings (SSSR count). The summed E-state index contributed by atoms with van der Waals surface area (Å²) in [5.74, 6) is -1.62. The fourth-order valence-corrected chi connectivity index (χ4v) is 2.17. The van der Waals surface area contributed by atoms with Crippen LogP contribution in [0.3, 0.4) is 0 Å². The Morgan fingerprint density at radius 3 is 2.50 bits per heavy atom. The molecule has 1 aliphatic rings. The molecule has 7 nitrogen and oxygen atoms in total.